The summed E-state index contributed by atoms with van der Waals surface area (Å²) in [5.41, 5.74) is 10.6. The number of hydrogen-bond donors (Lipinski definition) is 1. The van der Waals surface area contributed by atoms with Crippen LogP contribution in [0.3, 0.4) is 0 Å². The van der Waals surface area contributed by atoms with E-state index in [1.807, 2.05) is 0 Å². The van der Waals surface area contributed by atoms with Gasteiger partial charge in [0.15, 0.2) is 0 Å². The van der Waals surface area contributed by atoms with E-state index in [2.05, 4.69) is 52.0 Å². The third kappa shape index (κ3) is 3.13. The second kappa shape index (κ2) is 5.70. The average molecular weight is 256 g/mol. The third-order valence-electron chi connectivity index (χ3n) is 3.72. The van der Waals surface area contributed by atoms with Gasteiger partial charge in [-0.25, -0.2) is 0 Å². The molecule has 1 atom stereocenters. The van der Waals surface area contributed by atoms with Crippen LogP contribution in [0.15, 0.2) is 24.3 Å². The minimum absolute atomic E-state index is 0.485. The predicted octanol–water partition coefficient (Wildman–Crippen LogP) is 3.80. The molecule has 1 unspecified atom stereocenters. The third-order valence-corrected chi connectivity index (χ3v) is 3.72. The van der Waals surface area contributed by atoms with Gasteiger partial charge in [0.25, 0.3) is 0 Å². The Bertz CT molecular complexity index is 573. The molecule has 2 nitrogen and oxygen atoms in total. The van der Waals surface area contributed by atoms with E-state index >= 15 is 0 Å². The van der Waals surface area contributed by atoms with Crippen molar-refractivity contribution in [3.63, 3.8) is 0 Å². The molecular formula is C17H24N2. The van der Waals surface area contributed by atoms with Gasteiger partial charge in [0.2, 0.25) is 0 Å². The van der Waals surface area contributed by atoms with Crippen LogP contribution in [0.5, 0.6) is 0 Å². The van der Waals surface area contributed by atoms with Crippen molar-refractivity contribution in [1.29, 1.82) is 0 Å². The van der Waals surface area contributed by atoms with Crippen molar-refractivity contribution in [3.05, 3.63) is 41.1 Å². The molecule has 0 saturated carbocycles. The first-order valence-electron chi connectivity index (χ1n) is 7.11. The van der Waals surface area contributed by atoms with Crippen molar-refractivity contribution >= 4 is 10.9 Å². The van der Waals surface area contributed by atoms with Gasteiger partial charge in [-0.3, -0.25) is 4.98 Å². The van der Waals surface area contributed by atoms with Gasteiger partial charge in [-0.15, -0.1) is 0 Å². The zero-order valence-corrected chi connectivity index (χ0v) is 12.4. The summed E-state index contributed by atoms with van der Waals surface area (Å²) < 4.78 is 0. The minimum Gasteiger partial charge on any atom is -0.330 e. The lowest BCUT2D eigenvalue weighted by Crippen LogP contribution is -2.14. The Hall–Kier alpha value is -1.41. The molecule has 0 aliphatic heterocycles. The molecule has 2 N–H and O–H groups in total. The summed E-state index contributed by atoms with van der Waals surface area (Å²) in [4.78, 5) is 4.77. The van der Waals surface area contributed by atoms with Crippen LogP contribution in [-0.2, 0) is 6.42 Å². The summed E-state index contributed by atoms with van der Waals surface area (Å²) in [6.45, 7) is 9.50. The average Bonchev–Trinajstić information content (AvgIpc) is 2.38. The van der Waals surface area contributed by atoms with Gasteiger partial charge in [-0.1, -0.05) is 26.8 Å². The SMILES string of the molecule is Cc1cc(CC(C)CN)nc2ccc(C(C)C)cc12. The first-order chi connectivity index (χ1) is 9.01. The molecule has 0 radical (unpaired) electrons. The van der Waals surface area contributed by atoms with Gasteiger partial charge in [-0.05, 0) is 61.1 Å². The van der Waals surface area contributed by atoms with Crippen LogP contribution >= 0.6 is 0 Å². The quantitative estimate of drug-likeness (QED) is 0.903. The number of benzene rings is 1. The van der Waals surface area contributed by atoms with Gasteiger partial charge in [0.05, 0.1) is 5.52 Å². The minimum atomic E-state index is 0.485. The molecule has 2 aromatic rings. The van der Waals surface area contributed by atoms with Crippen LogP contribution in [0.2, 0.25) is 0 Å². The van der Waals surface area contributed by atoms with Crippen LogP contribution in [0, 0.1) is 12.8 Å². The highest BCUT2D eigenvalue weighted by atomic mass is 14.7. The van der Waals surface area contributed by atoms with E-state index in [1.54, 1.807) is 0 Å². The van der Waals surface area contributed by atoms with Crippen LogP contribution in [0.25, 0.3) is 10.9 Å². The second-order valence-corrected chi connectivity index (χ2v) is 5.91. The first-order valence-corrected chi connectivity index (χ1v) is 7.11. The van der Waals surface area contributed by atoms with E-state index in [9.17, 15) is 0 Å². The Kier molecular flexibility index (Phi) is 4.20. The number of aromatic nitrogens is 1. The maximum absolute atomic E-state index is 5.70. The monoisotopic (exact) mass is 256 g/mol. The summed E-state index contributed by atoms with van der Waals surface area (Å²) in [5, 5.41) is 1.27. The molecule has 0 amide bonds. The summed E-state index contributed by atoms with van der Waals surface area (Å²) in [6.07, 6.45) is 0.958. The van der Waals surface area contributed by atoms with Crippen molar-refractivity contribution < 1.29 is 0 Å². The van der Waals surface area contributed by atoms with E-state index in [0.717, 1.165) is 17.6 Å². The van der Waals surface area contributed by atoms with E-state index in [0.29, 0.717) is 18.4 Å². The predicted molar refractivity (Wildman–Crippen MR) is 82.5 cm³/mol. The number of aryl methyl sites for hydroxylation is 1. The standard InChI is InChI=1S/C17H24N2/c1-11(2)14-5-6-17-16(9-14)13(4)8-15(19-17)7-12(3)10-18/h5-6,8-9,11-12H,7,10,18H2,1-4H3. The normalized spacial score (nSPS) is 13.2. The Balaban J connectivity index is 2.44. The van der Waals surface area contributed by atoms with E-state index in [1.165, 1.54) is 16.5 Å². The van der Waals surface area contributed by atoms with Crippen LogP contribution in [0.4, 0.5) is 0 Å². The number of nitrogens with two attached hydrogens (primary N) is 1. The fraction of sp³-hybridized carbons (Fsp3) is 0.471. The van der Waals surface area contributed by atoms with Crippen molar-refractivity contribution in [3.8, 4) is 0 Å². The van der Waals surface area contributed by atoms with Crippen molar-refractivity contribution in [2.45, 2.75) is 40.0 Å². The molecule has 1 aromatic heterocycles. The van der Waals surface area contributed by atoms with E-state index in [4.69, 9.17) is 10.7 Å². The molecule has 0 saturated heterocycles. The number of nitrogens with zero attached hydrogens (tertiary/aromatic N) is 1. The van der Waals surface area contributed by atoms with E-state index < -0.39 is 0 Å². The maximum atomic E-state index is 5.70. The largest absolute Gasteiger partial charge is 0.330 e. The molecule has 0 aliphatic rings. The summed E-state index contributed by atoms with van der Waals surface area (Å²) >= 11 is 0. The highest BCUT2D eigenvalue weighted by Crippen LogP contribution is 2.24. The zero-order chi connectivity index (χ0) is 14.0. The molecule has 0 aliphatic carbocycles. The number of fused-ring (bicyclic) bond motifs is 1. The lowest BCUT2D eigenvalue weighted by molar-refractivity contribution is 0.585. The summed E-state index contributed by atoms with van der Waals surface area (Å²) in [6, 6.07) is 8.82. The summed E-state index contributed by atoms with van der Waals surface area (Å²) in [7, 11) is 0. The molecule has 2 rings (SSSR count). The van der Waals surface area contributed by atoms with Crippen LogP contribution in [0.1, 0.15) is 43.5 Å². The number of hydrogen-bond acceptors (Lipinski definition) is 2. The van der Waals surface area contributed by atoms with Gasteiger partial charge in [-0.2, -0.15) is 0 Å². The van der Waals surface area contributed by atoms with Gasteiger partial charge < -0.3 is 5.73 Å². The highest BCUT2D eigenvalue weighted by Gasteiger charge is 2.08. The number of rotatable bonds is 4. The molecule has 102 valence electrons. The Morgan fingerprint density at radius 1 is 1.16 bits per heavy atom. The molecule has 19 heavy (non-hydrogen) atoms. The van der Waals surface area contributed by atoms with Crippen molar-refractivity contribution in [2.75, 3.05) is 6.54 Å². The molecule has 0 spiro atoms. The molecular weight excluding hydrogens is 232 g/mol. The maximum Gasteiger partial charge on any atom is 0.0708 e. The summed E-state index contributed by atoms with van der Waals surface area (Å²) in [5.74, 6) is 1.04. The van der Waals surface area contributed by atoms with Crippen molar-refractivity contribution in [1.82, 2.24) is 4.98 Å². The highest BCUT2D eigenvalue weighted by molar-refractivity contribution is 5.83. The molecule has 1 aromatic carbocycles. The second-order valence-electron chi connectivity index (χ2n) is 5.91. The molecule has 2 heteroatoms. The molecule has 0 fully saturated rings. The van der Waals surface area contributed by atoms with Crippen LogP contribution < -0.4 is 5.73 Å². The fourth-order valence-electron chi connectivity index (χ4n) is 2.39. The van der Waals surface area contributed by atoms with Gasteiger partial charge in [0.1, 0.15) is 0 Å². The van der Waals surface area contributed by atoms with Gasteiger partial charge in [0, 0.05) is 11.1 Å². The zero-order valence-electron chi connectivity index (χ0n) is 12.4. The lowest BCUT2D eigenvalue weighted by Gasteiger charge is -2.12. The Labute approximate surface area is 116 Å². The fourth-order valence-corrected chi connectivity index (χ4v) is 2.39. The Morgan fingerprint density at radius 3 is 2.53 bits per heavy atom. The van der Waals surface area contributed by atoms with Crippen LogP contribution in [-0.4, -0.2) is 11.5 Å². The van der Waals surface area contributed by atoms with Crippen molar-refractivity contribution in [2.24, 2.45) is 11.7 Å². The molecule has 0 bridgehead atoms. The lowest BCUT2D eigenvalue weighted by atomic mass is 9.97. The smallest absolute Gasteiger partial charge is 0.0708 e. The molecule has 1 heterocycles. The Morgan fingerprint density at radius 2 is 1.89 bits per heavy atom. The number of pyridine rings is 1. The van der Waals surface area contributed by atoms with E-state index in [-0.39, 0.29) is 0 Å². The topological polar surface area (TPSA) is 38.9 Å². The first kappa shape index (κ1) is 14.0. The van der Waals surface area contributed by atoms with Gasteiger partial charge >= 0.3 is 0 Å².